The fourth-order valence-electron chi connectivity index (χ4n) is 4.37. The fourth-order valence-corrected chi connectivity index (χ4v) is 4.37. The van der Waals surface area contributed by atoms with E-state index in [1.807, 2.05) is 0 Å². The van der Waals surface area contributed by atoms with Crippen LogP contribution in [0.1, 0.15) is 44.6 Å². The molecule has 0 N–H and O–H groups in total. The molecular formula is C19H28N2. The van der Waals surface area contributed by atoms with E-state index in [2.05, 4.69) is 47.9 Å². The van der Waals surface area contributed by atoms with Gasteiger partial charge in [0, 0.05) is 37.9 Å². The van der Waals surface area contributed by atoms with E-state index in [1.165, 1.54) is 56.7 Å². The van der Waals surface area contributed by atoms with E-state index in [0.29, 0.717) is 5.92 Å². The molecule has 4 rings (SSSR count). The van der Waals surface area contributed by atoms with Crippen LogP contribution in [-0.2, 0) is 0 Å². The summed E-state index contributed by atoms with van der Waals surface area (Å²) in [4.78, 5) is 5.43. The van der Waals surface area contributed by atoms with Crippen LogP contribution in [0.15, 0.2) is 24.3 Å². The van der Waals surface area contributed by atoms with Crippen molar-refractivity contribution in [2.24, 2.45) is 11.8 Å². The number of anilines is 1. The average Bonchev–Trinajstić information content (AvgIpc) is 2.95. The fraction of sp³-hybridized carbons (Fsp3) is 0.684. The molecule has 0 amide bonds. The second-order valence-corrected chi connectivity index (χ2v) is 7.71. The quantitative estimate of drug-likeness (QED) is 0.834. The molecule has 114 valence electrons. The third-order valence-corrected chi connectivity index (χ3v) is 6.01. The van der Waals surface area contributed by atoms with E-state index in [9.17, 15) is 0 Å². The maximum atomic E-state index is 2.79. The van der Waals surface area contributed by atoms with Crippen LogP contribution in [0.5, 0.6) is 0 Å². The molecule has 0 bridgehead atoms. The van der Waals surface area contributed by atoms with Crippen molar-refractivity contribution in [2.45, 2.75) is 45.1 Å². The Morgan fingerprint density at radius 2 is 1.71 bits per heavy atom. The van der Waals surface area contributed by atoms with E-state index >= 15 is 0 Å². The molecule has 1 aromatic carbocycles. The van der Waals surface area contributed by atoms with Gasteiger partial charge in [-0.05, 0) is 48.3 Å². The zero-order valence-electron chi connectivity index (χ0n) is 13.5. The van der Waals surface area contributed by atoms with Crippen LogP contribution in [0.2, 0.25) is 0 Å². The summed E-state index contributed by atoms with van der Waals surface area (Å²) in [6.07, 6.45) is 4.38. The summed E-state index contributed by atoms with van der Waals surface area (Å²) < 4.78 is 0. The number of fused-ring (bicyclic) bond motifs is 1. The van der Waals surface area contributed by atoms with Crippen molar-refractivity contribution >= 4 is 5.69 Å². The van der Waals surface area contributed by atoms with Gasteiger partial charge >= 0.3 is 0 Å². The van der Waals surface area contributed by atoms with Gasteiger partial charge in [0.25, 0.3) is 0 Å². The van der Waals surface area contributed by atoms with E-state index in [0.717, 1.165) is 17.9 Å². The second-order valence-electron chi connectivity index (χ2n) is 7.71. The summed E-state index contributed by atoms with van der Waals surface area (Å²) in [5, 5.41) is 0. The first-order valence-corrected chi connectivity index (χ1v) is 8.79. The van der Waals surface area contributed by atoms with Crippen molar-refractivity contribution in [1.82, 2.24) is 4.90 Å². The zero-order chi connectivity index (χ0) is 14.4. The van der Waals surface area contributed by atoms with E-state index in [1.54, 1.807) is 0 Å². The van der Waals surface area contributed by atoms with Crippen LogP contribution in [0.25, 0.3) is 0 Å². The summed E-state index contributed by atoms with van der Waals surface area (Å²) >= 11 is 0. The van der Waals surface area contributed by atoms with Gasteiger partial charge in [-0.3, -0.25) is 4.90 Å². The summed E-state index contributed by atoms with van der Waals surface area (Å²) in [6, 6.07) is 10.2. The monoisotopic (exact) mass is 284 g/mol. The van der Waals surface area contributed by atoms with Gasteiger partial charge in [0.1, 0.15) is 0 Å². The molecule has 2 atom stereocenters. The predicted octanol–water partition coefficient (Wildman–Crippen LogP) is 3.73. The highest BCUT2D eigenvalue weighted by atomic mass is 15.3. The maximum Gasteiger partial charge on any atom is 0.0369 e. The highest BCUT2D eigenvalue weighted by Gasteiger charge is 2.42. The molecule has 2 nitrogen and oxygen atoms in total. The number of nitrogens with zero attached hydrogens (tertiary/aromatic N) is 2. The molecule has 0 aromatic heterocycles. The minimum absolute atomic E-state index is 0.626. The van der Waals surface area contributed by atoms with Gasteiger partial charge in [-0.15, -0.1) is 0 Å². The van der Waals surface area contributed by atoms with Crippen molar-refractivity contribution in [2.75, 3.05) is 31.1 Å². The summed E-state index contributed by atoms with van der Waals surface area (Å²) in [5.74, 6) is 2.45. The number of rotatable bonds is 3. The maximum absolute atomic E-state index is 2.79. The van der Waals surface area contributed by atoms with E-state index < -0.39 is 0 Å². The third-order valence-electron chi connectivity index (χ3n) is 6.01. The topological polar surface area (TPSA) is 6.48 Å². The van der Waals surface area contributed by atoms with Crippen LogP contribution >= 0.6 is 0 Å². The number of benzene rings is 1. The Morgan fingerprint density at radius 1 is 1.00 bits per heavy atom. The summed E-state index contributed by atoms with van der Waals surface area (Å²) in [6.45, 7) is 9.83. The lowest BCUT2D eigenvalue weighted by molar-refractivity contribution is 0.149. The molecule has 2 heterocycles. The molecule has 0 spiro atoms. The van der Waals surface area contributed by atoms with E-state index in [4.69, 9.17) is 0 Å². The van der Waals surface area contributed by atoms with Gasteiger partial charge in [0.15, 0.2) is 0 Å². The lowest BCUT2D eigenvalue weighted by Gasteiger charge is -2.35. The molecule has 0 radical (unpaired) electrons. The molecule has 2 aliphatic heterocycles. The van der Waals surface area contributed by atoms with Gasteiger partial charge in [0.05, 0.1) is 0 Å². The second kappa shape index (κ2) is 5.31. The van der Waals surface area contributed by atoms with E-state index in [-0.39, 0.29) is 0 Å². The predicted molar refractivity (Wildman–Crippen MR) is 88.9 cm³/mol. The van der Waals surface area contributed by atoms with Gasteiger partial charge in [-0.2, -0.15) is 0 Å². The Labute approximate surface area is 129 Å². The van der Waals surface area contributed by atoms with Crippen molar-refractivity contribution in [3.05, 3.63) is 29.8 Å². The average molecular weight is 284 g/mol. The Bertz CT molecular complexity index is 492. The zero-order valence-corrected chi connectivity index (χ0v) is 13.5. The number of hydrogen-bond donors (Lipinski definition) is 0. The first-order valence-electron chi connectivity index (χ1n) is 8.79. The van der Waals surface area contributed by atoms with Crippen LogP contribution in [-0.4, -0.2) is 37.1 Å². The molecule has 1 saturated carbocycles. The van der Waals surface area contributed by atoms with Crippen molar-refractivity contribution in [3.8, 4) is 0 Å². The molecule has 2 unspecified atom stereocenters. The molecule has 3 fully saturated rings. The molecule has 1 aromatic rings. The van der Waals surface area contributed by atoms with Gasteiger partial charge in [0.2, 0.25) is 0 Å². The first kappa shape index (κ1) is 13.6. The Balaban J connectivity index is 1.43. The lowest BCUT2D eigenvalue weighted by atomic mass is 9.92. The molecule has 2 heteroatoms. The Kier molecular flexibility index (Phi) is 3.45. The summed E-state index contributed by atoms with van der Waals surface area (Å²) in [5.41, 5.74) is 2.92. The normalized spacial score (nSPS) is 30.0. The van der Waals surface area contributed by atoms with Crippen molar-refractivity contribution in [3.63, 3.8) is 0 Å². The van der Waals surface area contributed by atoms with Gasteiger partial charge < -0.3 is 4.90 Å². The molecular weight excluding hydrogens is 256 g/mol. The van der Waals surface area contributed by atoms with Gasteiger partial charge in [-0.25, -0.2) is 0 Å². The van der Waals surface area contributed by atoms with Crippen LogP contribution in [0.4, 0.5) is 5.69 Å². The highest BCUT2D eigenvalue weighted by Crippen LogP contribution is 2.38. The smallest absolute Gasteiger partial charge is 0.0369 e. The van der Waals surface area contributed by atoms with Crippen molar-refractivity contribution < 1.29 is 0 Å². The van der Waals surface area contributed by atoms with Crippen LogP contribution in [0, 0.1) is 11.8 Å². The standard InChI is InChI=1S/C19H28N2/c1-14(2)15-5-3-8-19(9-15)21-12-16-10-20(11-17(16)13-21)18-6-4-7-18/h3,5,8-9,14,16-18H,4,6-7,10-13H2,1-2H3. The van der Waals surface area contributed by atoms with Crippen LogP contribution in [0.3, 0.4) is 0 Å². The lowest BCUT2D eigenvalue weighted by Crippen LogP contribution is -2.40. The molecule has 21 heavy (non-hydrogen) atoms. The SMILES string of the molecule is CC(C)c1cccc(N2CC3CN(C4CCC4)CC3C2)c1. The Hall–Kier alpha value is -1.02. The molecule has 3 aliphatic rings. The Morgan fingerprint density at radius 3 is 2.29 bits per heavy atom. The first-order chi connectivity index (χ1) is 10.2. The van der Waals surface area contributed by atoms with Gasteiger partial charge in [-0.1, -0.05) is 32.4 Å². The third kappa shape index (κ3) is 2.48. The van der Waals surface area contributed by atoms with Crippen LogP contribution < -0.4 is 4.90 Å². The largest absolute Gasteiger partial charge is 0.371 e. The molecule has 2 saturated heterocycles. The number of hydrogen-bond acceptors (Lipinski definition) is 2. The minimum Gasteiger partial charge on any atom is -0.371 e. The summed E-state index contributed by atoms with van der Waals surface area (Å²) in [7, 11) is 0. The highest BCUT2D eigenvalue weighted by molar-refractivity contribution is 5.50. The molecule has 1 aliphatic carbocycles. The van der Waals surface area contributed by atoms with Crippen molar-refractivity contribution in [1.29, 1.82) is 0 Å². The number of likely N-dealkylation sites (tertiary alicyclic amines) is 1. The minimum atomic E-state index is 0.626.